The van der Waals surface area contributed by atoms with Gasteiger partial charge in [-0.1, -0.05) is 17.8 Å². The first-order chi connectivity index (χ1) is 10.7. The van der Waals surface area contributed by atoms with Gasteiger partial charge in [0.05, 0.1) is 10.8 Å². The molecule has 2 rings (SSSR count). The summed E-state index contributed by atoms with van der Waals surface area (Å²) in [6.07, 6.45) is -4.48. The van der Waals surface area contributed by atoms with Crippen LogP contribution in [0.4, 0.5) is 18.9 Å². The van der Waals surface area contributed by atoms with Crippen molar-refractivity contribution in [1.29, 1.82) is 0 Å². The fourth-order valence-corrected chi connectivity index (χ4v) is 2.53. The molecular weight excluding hydrogens is 333 g/mol. The number of aromatic amines is 1. The summed E-state index contributed by atoms with van der Waals surface area (Å²) in [5.74, 6) is -0.496. The van der Waals surface area contributed by atoms with Crippen LogP contribution in [0.5, 0.6) is 0 Å². The van der Waals surface area contributed by atoms with Crippen molar-refractivity contribution < 1.29 is 18.0 Å². The Labute approximate surface area is 133 Å². The normalized spacial score (nSPS) is 12.9. The number of hydrogen-bond acceptors (Lipinski definition) is 4. The lowest BCUT2D eigenvalue weighted by Gasteiger charge is -2.13. The van der Waals surface area contributed by atoms with Crippen LogP contribution >= 0.6 is 11.8 Å². The molecule has 0 saturated carbocycles. The topological polar surface area (TPSA) is 79.8 Å². The number of carbonyl (C=O) groups is 1. The van der Waals surface area contributed by atoms with Crippen LogP contribution in [0.15, 0.2) is 34.2 Å². The molecule has 1 atom stereocenters. The van der Waals surface area contributed by atoms with Crippen LogP contribution in [0.3, 0.4) is 0 Å². The van der Waals surface area contributed by atoms with E-state index in [0.29, 0.717) is 5.16 Å². The van der Waals surface area contributed by atoms with E-state index in [1.165, 1.54) is 16.8 Å². The summed E-state index contributed by atoms with van der Waals surface area (Å²) in [6, 6.07) is 4.37. The SMILES string of the molecule is C[C@H](Sc1nc(=O)[nH]n1C)C(=O)Nc1cccc(C(F)(F)F)c1. The standard InChI is InChI=1S/C13H13F3N4O2S/c1-7(23-12-18-11(22)19-20(12)2)10(21)17-9-5-3-4-8(6-9)13(14,15)16/h3-7H,1-2H3,(H,17,21)(H,19,22)/t7-/m0/s1. The Morgan fingerprint density at radius 3 is 2.70 bits per heavy atom. The van der Waals surface area contributed by atoms with E-state index in [1.807, 2.05) is 0 Å². The molecular formula is C13H13F3N4O2S. The molecule has 1 aromatic heterocycles. The molecule has 2 aromatic rings. The van der Waals surface area contributed by atoms with E-state index in [2.05, 4.69) is 15.4 Å². The molecule has 10 heteroatoms. The van der Waals surface area contributed by atoms with Gasteiger partial charge in [-0.3, -0.25) is 9.48 Å². The van der Waals surface area contributed by atoms with Crippen LogP contribution in [-0.4, -0.2) is 25.9 Å². The minimum atomic E-state index is -4.48. The third-order valence-corrected chi connectivity index (χ3v) is 4.00. The quantitative estimate of drug-likeness (QED) is 0.832. The van der Waals surface area contributed by atoms with E-state index in [1.54, 1.807) is 14.0 Å². The van der Waals surface area contributed by atoms with E-state index in [-0.39, 0.29) is 5.69 Å². The Bertz CT molecular complexity index is 769. The zero-order valence-electron chi connectivity index (χ0n) is 12.1. The minimum Gasteiger partial charge on any atom is -0.325 e. The molecule has 0 aliphatic rings. The zero-order chi connectivity index (χ0) is 17.2. The van der Waals surface area contributed by atoms with Crippen molar-refractivity contribution in [1.82, 2.24) is 14.8 Å². The van der Waals surface area contributed by atoms with Crippen LogP contribution in [0, 0.1) is 0 Å². The molecule has 2 N–H and O–H groups in total. The number of rotatable bonds is 4. The van der Waals surface area contributed by atoms with Gasteiger partial charge < -0.3 is 5.32 Å². The first kappa shape index (κ1) is 17.1. The lowest BCUT2D eigenvalue weighted by atomic mass is 10.2. The van der Waals surface area contributed by atoms with E-state index < -0.39 is 28.6 Å². The van der Waals surface area contributed by atoms with Crippen molar-refractivity contribution in [3.05, 3.63) is 40.3 Å². The second-order valence-corrected chi connectivity index (χ2v) is 6.01. The maximum Gasteiger partial charge on any atom is 0.416 e. The number of halogens is 3. The smallest absolute Gasteiger partial charge is 0.325 e. The Morgan fingerprint density at radius 1 is 1.43 bits per heavy atom. The van der Waals surface area contributed by atoms with Gasteiger partial charge in [-0.2, -0.15) is 18.2 Å². The van der Waals surface area contributed by atoms with Gasteiger partial charge in [-0.15, -0.1) is 0 Å². The van der Waals surface area contributed by atoms with Crippen molar-refractivity contribution in [2.75, 3.05) is 5.32 Å². The first-order valence-corrected chi connectivity index (χ1v) is 7.32. The highest BCUT2D eigenvalue weighted by atomic mass is 32.2. The number of nitrogens with one attached hydrogen (secondary N) is 2. The van der Waals surface area contributed by atoms with Gasteiger partial charge in [0, 0.05) is 12.7 Å². The van der Waals surface area contributed by atoms with Gasteiger partial charge >= 0.3 is 11.9 Å². The number of amides is 1. The molecule has 6 nitrogen and oxygen atoms in total. The monoisotopic (exact) mass is 346 g/mol. The zero-order valence-corrected chi connectivity index (χ0v) is 13.0. The molecule has 0 fully saturated rings. The summed E-state index contributed by atoms with van der Waals surface area (Å²) in [7, 11) is 1.56. The molecule has 0 unspecified atom stereocenters. The lowest BCUT2D eigenvalue weighted by Crippen LogP contribution is -2.23. The van der Waals surface area contributed by atoms with Crippen LogP contribution in [-0.2, 0) is 18.0 Å². The van der Waals surface area contributed by atoms with Crippen LogP contribution in [0.25, 0.3) is 0 Å². The predicted octanol–water partition coefficient (Wildman–Crippen LogP) is 2.25. The highest BCUT2D eigenvalue weighted by Crippen LogP contribution is 2.31. The van der Waals surface area contributed by atoms with Crippen molar-refractivity contribution in [3.8, 4) is 0 Å². The molecule has 23 heavy (non-hydrogen) atoms. The Hall–Kier alpha value is -2.23. The maximum absolute atomic E-state index is 12.6. The molecule has 124 valence electrons. The summed E-state index contributed by atoms with van der Waals surface area (Å²) in [4.78, 5) is 26.8. The Balaban J connectivity index is 2.07. The van der Waals surface area contributed by atoms with E-state index in [9.17, 15) is 22.8 Å². The summed E-state index contributed by atoms with van der Waals surface area (Å²) in [5.41, 5.74) is -1.33. The second-order valence-electron chi connectivity index (χ2n) is 4.70. The van der Waals surface area contributed by atoms with Gasteiger partial charge in [-0.05, 0) is 25.1 Å². The molecule has 0 saturated heterocycles. The van der Waals surface area contributed by atoms with Gasteiger partial charge in [0.25, 0.3) is 0 Å². The third-order valence-electron chi connectivity index (χ3n) is 2.86. The number of aryl methyl sites for hydroxylation is 1. The van der Waals surface area contributed by atoms with Crippen molar-refractivity contribution in [3.63, 3.8) is 0 Å². The maximum atomic E-state index is 12.6. The number of thioether (sulfide) groups is 1. The van der Waals surface area contributed by atoms with Gasteiger partial charge in [0.15, 0.2) is 5.16 Å². The largest absolute Gasteiger partial charge is 0.416 e. The van der Waals surface area contributed by atoms with E-state index in [4.69, 9.17) is 0 Å². The molecule has 1 aromatic carbocycles. The van der Waals surface area contributed by atoms with Crippen LogP contribution in [0.2, 0.25) is 0 Å². The number of H-pyrrole nitrogens is 1. The van der Waals surface area contributed by atoms with E-state index in [0.717, 1.165) is 23.9 Å². The summed E-state index contributed by atoms with van der Waals surface area (Å²) in [5, 5.41) is 4.47. The highest BCUT2D eigenvalue weighted by molar-refractivity contribution is 8.00. The summed E-state index contributed by atoms with van der Waals surface area (Å²) >= 11 is 1.01. The molecule has 0 radical (unpaired) electrons. The fourth-order valence-electron chi connectivity index (χ4n) is 1.71. The highest BCUT2D eigenvalue weighted by Gasteiger charge is 2.30. The minimum absolute atomic E-state index is 0.0493. The van der Waals surface area contributed by atoms with Crippen molar-refractivity contribution >= 4 is 23.4 Å². The fraction of sp³-hybridized carbons (Fsp3) is 0.308. The number of hydrogen-bond donors (Lipinski definition) is 2. The number of alkyl halides is 3. The number of aromatic nitrogens is 3. The lowest BCUT2D eigenvalue weighted by molar-refractivity contribution is -0.137. The number of nitrogens with zero attached hydrogens (tertiary/aromatic N) is 2. The average Bonchev–Trinajstić information content (AvgIpc) is 2.76. The van der Waals surface area contributed by atoms with Crippen molar-refractivity contribution in [2.24, 2.45) is 7.05 Å². The first-order valence-electron chi connectivity index (χ1n) is 6.44. The molecule has 0 aliphatic heterocycles. The third kappa shape index (κ3) is 4.38. The summed E-state index contributed by atoms with van der Waals surface area (Å²) in [6.45, 7) is 1.56. The predicted molar refractivity (Wildman–Crippen MR) is 79.2 cm³/mol. The molecule has 1 heterocycles. The number of carbonyl (C=O) groups excluding carboxylic acids is 1. The molecule has 0 spiro atoms. The number of anilines is 1. The van der Waals surface area contributed by atoms with Gasteiger partial charge in [0.1, 0.15) is 0 Å². The van der Waals surface area contributed by atoms with Crippen molar-refractivity contribution in [2.45, 2.75) is 23.5 Å². The van der Waals surface area contributed by atoms with Crippen LogP contribution in [0.1, 0.15) is 12.5 Å². The Morgan fingerprint density at radius 2 is 2.13 bits per heavy atom. The van der Waals surface area contributed by atoms with Crippen LogP contribution < -0.4 is 11.0 Å². The summed E-state index contributed by atoms with van der Waals surface area (Å²) < 4.78 is 39.3. The second kappa shape index (κ2) is 6.49. The van der Waals surface area contributed by atoms with Gasteiger partial charge in [0.2, 0.25) is 5.91 Å². The number of benzene rings is 1. The molecule has 0 bridgehead atoms. The van der Waals surface area contributed by atoms with E-state index >= 15 is 0 Å². The molecule has 1 amide bonds. The van der Waals surface area contributed by atoms with Gasteiger partial charge in [-0.25, -0.2) is 9.89 Å². The molecule has 0 aliphatic carbocycles. The average molecular weight is 346 g/mol. The Kier molecular flexibility index (Phi) is 4.83.